The summed E-state index contributed by atoms with van der Waals surface area (Å²) in [5.41, 5.74) is 6.04. The van der Waals surface area contributed by atoms with Gasteiger partial charge in [-0.25, -0.2) is 0 Å². The Morgan fingerprint density at radius 1 is 1.47 bits per heavy atom. The van der Waals surface area contributed by atoms with Crippen molar-refractivity contribution in [2.75, 3.05) is 30.0 Å². The highest BCUT2D eigenvalue weighted by molar-refractivity contribution is 7.99. The summed E-state index contributed by atoms with van der Waals surface area (Å²) in [5, 5.41) is 20.3. The van der Waals surface area contributed by atoms with Gasteiger partial charge in [0.2, 0.25) is 0 Å². The van der Waals surface area contributed by atoms with E-state index in [0.29, 0.717) is 10.6 Å². The number of nitrogens with zero attached hydrogens (tertiary/aromatic N) is 2. The Hall–Kier alpha value is -0.900. The predicted molar refractivity (Wildman–Crippen MR) is 81.9 cm³/mol. The van der Waals surface area contributed by atoms with Crippen LogP contribution in [-0.2, 0) is 0 Å². The Morgan fingerprint density at radius 2 is 2.21 bits per heavy atom. The van der Waals surface area contributed by atoms with Crippen LogP contribution in [0.2, 0.25) is 0 Å². The molecule has 0 aromatic carbocycles. The lowest BCUT2D eigenvalue weighted by molar-refractivity contribution is 0.0481. The molecule has 2 rings (SSSR count). The zero-order valence-corrected chi connectivity index (χ0v) is 12.9. The maximum absolute atomic E-state index is 10.1. The molecule has 0 bridgehead atoms. The first-order valence-corrected chi connectivity index (χ1v) is 8.36. The van der Waals surface area contributed by atoms with E-state index in [1.54, 1.807) is 11.8 Å². The fraction of sp³-hybridized carbons (Fsp3) is 0.615. The van der Waals surface area contributed by atoms with Crippen molar-refractivity contribution in [1.82, 2.24) is 0 Å². The van der Waals surface area contributed by atoms with E-state index in [-0.39, 0.29) is 0 Å². The normalized spacial score (nSPS) is 24.0. The second-order valence-electron chi connectivity index (χ2n) is 5.13. The van der Waals surface area contributed by atoms with Crippen LogP contribution in [0, 0.1) is 11.3 Å². The van der Waals surface area contributed by atoms with Crippen LogP contribution in [0.5, 0.6) is 0 Å². The van der Waals surface area contributed by atoms with Crippen LogP contribution in [0.25, 0.3) is 0 Å². The Balaban J connectivity index is 2.29. The average molecular weight is 297 g/mol. The molecule has 0 saturated carbocycles. The van der Waals surface area contributed by atoms with Crippen molar-refractivity contribution in [3.8, 4) is 6.07 Å². The Labute approximate surface area is 122 Å². The van der Waals surface area contributed by atoms with E-state index in [9.17, 15) is 5.11 Å². The summed E-state index contributed by atoms with van der Waals surface area (Å²) in [6, 6.07) is 2.17. The molecule has 6 heteroatoms. The van der Waals surface area contributed by atoms with Crippen molar-refractivity contribution in [2.45, 2.75) is 36.7 Å². The number of thiophene rings is 1. The van der Waals surface area contributed by atoms with Gasteiger partial charge in [0.25, 0.3) is 0 Å². The van der Waals surface area contributed by atoms with Gasteiger partial charge < -0.3 is 15.7 Å². The number of nitrogen functional groups attached to an aromatic ring is 1. The number of hydrogen-bond acceptors (Lipinski definition) is 6. The summed E-state index contributed by atoms with van der Waals surface area (Å²) >= 11 is 3.05. The van der Waals surface area contributed by atoms with E-state index in [4.69, 9.17) is 11.0 Å². The molecule has 0 aliphatic carbocycles. The first kappa shape index (κ1) is 14.5. The summed E-state index contributed by atoms with van der Waals surface area (Å²) in [5.74, 6) is 0. The summed E-state index contributed by atoms with van der Waals surface area (Å²) in [6.07, 6.45) is 4.52. The molecule has 1 aliphatic rings. The second-order valence-corrected chi connectivity index (χ2v) is 6.95. The lowest BCUT2D eigenvalue weighted by Gasteiger charge is -2.23. The first-order chi connectivity index (χ1) is 8.98. The van der Waals surface area contributed by atoms with Crippen LogP contribution >= 0.6 is 23.1 Å². The molecule has 4 nitrogen and oxygen atoms in total. The van der Waals surface area contributed by atoms with E-state index in [1.807, 2.05) is 13.2 Å². The number of hydrogen-bond donors (Lipinski definition) is 2. The zero-order chi connectivity index (χ0) is 14.0. The van der Waals surface area contributed by atoms with Crippen LogP contribution in [0.1, 0.15) is 31.1 Å². The number of nitriles is 1. The van der Waals surface area contributed by atoms with Crippen molar-refractivity contribution in [3.05, 3.63) is 4.88 Å². The SMILES string of the molecule is CSc1c(N2CCCC(C)(O)CC2)sc(C#N)c1N. The van der Waals surface area contributed by atoms with Gasteiger partial charge in [0, 0.05) is 13.1 Å². The standard InChI is InChI=1S/C13H19N3OS2/c1-13(17)4-3-6-16(7-5-13)12-11(18-2)10(15)9(8-14)19-12/h17H,3-7,15H2,1-2H3. The number of thioether (sulfide) groups is 1. The molecule has 19 heavy (non-hydrogen) atoms. The molecule has 1 aliphatic heterocycles. The van der Waals surface area contributed by atoms with Gasteiger partial charge in [-0.15, -0.1) is 23.1 Å². The maximum Gasteiger partial charge on any atom is 0.131 e. The number of nitrogens with two attached hydrogens (primary N) is 1. The van der Waals surface area contributed by atoms with Crippen LogP contribution in [0.3, 0.4) is 0 Å². The molecule has 0 amide bonds. The van der Waals surface area contributed by atoms with Crippen molar-refractivity contribution >= 4 is 33.8 Å². The summed E-state index contributed by atoms with van der Waals surface area (Å²) < 4.78 is 0. The molecule has 0 radical (unpaired) electrons. The zero-order valence-electron chi connectivity index (χ0n) is 11.3. The van der Waals surface area contributed by atoms with Gasteiger partial charge in [-0.05, 0) is 32.4 Å². The highest BCUT2D eigenvalue weighted by Gasteiger charge is 2.27. The van der Waals surface area contributed by atoms with E-state index in [2.05, 4.69) is 11.0 Å². The van der Waals surface area contributed by atoms with Crippen molar-refractivity contribution in [1.29, 1.82) is 5.26 Å². The summed E-state index contributed by atoms with van der Waals surface area (Å²) in [4.78, 5) is 3.85. The average Bonchev–Trinajstić information content (AvgIpc) is 2.57. The molecule has 1 fully saturated rings. The van der Waals surface area contributed by atoms with Crippen LogP contribution < -0.4 is 10.6 Å². The highest BCUT2D eigenvalue weighted by Crippen LogP contribution is 2.44. The fourth-order valence-electron chi connectivity index (χ4n) is 2.37. The molecular formula is C13H19N3OS2. The fourth-order valence-corrected chi connectivity index (χ4v) is 4.40. The molecule has 0 spiro atoms. The molecule has 1 saturated heterocycles. The van der Waals surface area contributed by atoms with Crippen LogP contribution in [0.15, 0.2) is 4.90 Å². The minimum atomic E-state index is -0.574. The molecule has 1 unspecified atom stereocenters. The molecule has 104 valence electrons. The number of anilines is 2. The lowest BCUT2D eigenvalue weighted by Crippen LogP contribution is -2.28. The van der Waals surface area contributed by atoms with Gasteiger partial charge in [-0.3, -0.25) is 0 Å². The van der Waals surface area contributed by atoms with Gasteiger partial charge in [-0.1, -0.05) is 0 Å². The molecular weight excluding hydrogens is 278 g/mol. The summed E-state index contributed by atoms with van der Waals surface area (Å²) in [6.45, 7) is 3.62. The Bertz CT molecular complexity index is 505. The Morgan fingerprint density at radius 3 is 2.84 bits per heavy atom. The van der Waals surface area contributed by atoms with Crippen LogP contribution in [-0.4, -0.2) is 30.1 Å². The second kappa shape index (κ2) is 5.61. The molecule has 1 aromatic rings. The quantitative estimate of drug-likeness (QED) is 0.821. The molecule has 1 atom stereocenters. The smallest absolute Gasteiger partial charge is 0.131 e. The van der Waals surface area contributed by atoms with E-state index >= 15 is 0 Å². The minimum Gasteiger partial charge on any atom is -0.396 e. The van der Waals surface area contributed by atoms with Crippen LogP contribution in [0.4, 0.5) is 10.7 Å². The topological polar surface area (TPSA) is 73.3 Å². The van der Waals surface area contributed by atoms with E-state index in [0.717, 1.165) is 42.2 Å². The van der Waals surface area contributed by atoms with Gasteiger partial charge >= 0.3 is 0 Å². The third-order valence-corrected chi connectivity index (χ3v) is 5.66. The Kier molecular flexibility index (Phi) is 4.29. The van der Waals surface area contributed by atoms with Crippen molar-refractivity contribution in [2.24, 2.45) is 0 Å². The van der Waals surface area contributed by atoms with Gasteiger partial charge in [-0.2, -0.15) is 5.26 Å². The predicted octanol–water partition coefficient (Wildman–Crippen LogP) is 2.67. The van der Waals surface area contributed by atoms with E-state index in [1.165, 1.54) is 11.3 Å². The van der Waals surface area contributed by atoms with Gasteiger partial charge in [0.05, 0.1) is 16.2 Å². The maximum atomic E-state index is 10.1. The monoisotopic (exact) mass is 297 g/mol. The van der Waals surface area contributed by atoms with Crippen molar-refractivity contribution < 1.29 is 5.11 Å². The van der Waals surface area contributed by atoms with E-state index < -0.39 is 5.60 Å². The highest BCUT2D eigenvalue weighted by atomic mass is 32.2. The molecule has 1 aromatic heterocycles. The van der Waals surface area contributed by atoms with Gasteiger partial charge in [0.1, 0.15) is 15.9 Å². The molecule has 3 N–H and O–H groups in total. The minimum absolute atomic E-state index is 0.574. The first-order valence-electron chi connectivity index (χ1n) is 6.32. The third kappa shape index (κ3) is 2.99. The summed E-state index contributed by atoms with van der Waals surface area (Å²) in [7, 11) is 0. The number of aliphatic hydroxyl groups is 1. The number of rotatable bonds is 2. The lowest BCUT2D eigenvalue weighted by atomic mass is 9.98. The molecule has 2 heterocycles. The third-order valence-electron chi connectivity index (χ3n) is 3.54. The largest absolute Gasteiger partial charge is 0.396 e. The van der Waals surface area contributed by atoms with Crippen molar-refractivity contribution in [3.63, 3.8) is 0 Å². The van der Waals surface area contributed by atoms with Gasteiger partial charge in [0.15, 0.2) is 0 Å².